The fourth-order valence-corrected chi connectivity index (χ4v) is 3.10. The van der Waals surface area contributed by atoms with Gasteiger partial charge in [-0.05, 0) is 35.4 Å². The van der Waals surface area contributed by atoms with Crippen LogP contribution in [0.2, 0.25) is 0 Å². The third-order valence-corrected chi connectivity index (χ3v) is 4.79. The first-order valence-electron chi connectivity index (χ1n) is 9.54. The van der Waals surface area contributed by atoms with Crippen molar-refractivity contribution in [3.05, 3.63) is 70.8 Å². The van der Waals surface area contributed by atoms with E-state index >= 15 is 0 Å². The normalized spacial score (nSPS) is 13.0. The molecule has 0 aliphatic heterocycles. The van der Waals surface area contributed by atoms with E-state index in [0.717, 1.165) is 0 Å². The second-order valence-corrected chi connectivity index (χ2v) is 7.25. The monoisotopic (exact) mass is 584 g/mol. The average Bonchev–Trinajstić information content (AvgIpc) is 2.77. The summed E-state index contributed by atoms with van der Waals surface area (Å²) in [6, 6.07) is 1.06. The third kappa shape index (κ3) is 6.31. The molecule has 0 saturated carbocycles. The summed E-state index contributed by atoms with van der Waals surface area (Å²) in [6.45, 7) is 0. The number of hydrogen-bond acceptors (Lipinski definition) is 6. The van der Waals surface area contributed by atoms with E-state index in [9.17, 15) is 71.9 Å². The molecule has 0 heterocycles. The highest BCUT2D eigenvalue weighted by Crippen LogP contribution is 2.56. The molecule has 0 atom stereocenters. The van der Waals surface area contributed by atoms with Crippen LogP contribution in [0.5, 0.6) is 0 Å². The third-order valence-electron chi connectivity index (χ3n) is 4.79. The molecule has 18 heteroatoms. The Balaban J connectivity index is 2.57. The van der Waals surface area contributed by atoms with Gasteiger partial charge in [0, 0.05) is 0 Å². The predicted octanol–water partition coefficient (Wildman–Crippen LogP) is 5.59. The topological polar surface area (TPSA) is 86.7 Å². The van der Waals surface area contributed by atoms with Crippen molar-refractivity contribution < 1.29 is 81.3 Å². The molecule has 0 saturated heterocycles. The standard InChI is InChI=1S/C21H8F12O6/c22-18(23,24)15(36)38-13(34)9-1-5-11(6-2-9)17(20(28,29)30,21(31,32)33)12-7-3-10(4-8-12)14(35)39-16(37)19(25,26)27/h1-8H. The molecule has 0 spiro atoms. The molecule has 0 N–H and O–H groups in total. The van der Waals surface area contributed by atoms with E-state index in [1.54, 1.807) is 0 Å². The number of benzene rings is 2. The van der Waals surface area contributed by atoms with Gasteiger partial charge in [0.15, 0.2) is 0 Å². The summed E-state index contributed by atoms with van der Waals surface area (Å²) in [5.74, 6) is -10.1. The minimum absolute atomic E-state index is 0.0554. The predicted molar refractivity (Wildman–Crippen MR) is 98.7 cm³/mol. The number of alkyl halides is 12. The average molecular weight is 584 g/mol. The number of ether oxygens (including phenoxy) is 2. The van der Waals surface area contributed by atoms with Gasteiger partial charge in [0.2, 0.25) is 5.41 Å². The van der Waals surface area contributed by atoms with Crippen LogP contribution in [0.4, 0.5) is 52.7 Å². The molecule has 0 bridgehead atoms. The quantitative estimate of drug-likeness (QED) is 0.265. The van der Waals surface area contributed by atoms with Gasteiger partial charge in [-0.3, -0.25) is 0 Å². The van der Waals surface area contributed by atoms with Crippen LogP contribution in [0.3, 0.4) is 0 Å². The molecule has 0 fully saturated rings. The van der Waals surface area contributed by atoms with Gasteiger partial charge < -0.3 is 9.47 Å². The van der Waals surface area contributed by atoms with Crippen molar-refractivity contribution in [2.24, 2.45) is 0 Å². The molecule has 2 aromatic carbocycles. The molecule has 0 aliphatic rings. The minimum atomic E-state index is -6.23. The van der Waals surface area contributed by atoms with Crippen LogP contribution in [-0.4, -0.2) is 48.6 Å². The molecular formula is C21H8F12O6. The summed E-state index contributed by atoms with van der Waals surface area (Å²) in [6.07, 6.45) is -23.7. The maximum Gasteiger partial charge on any atom is 0.491 e. The Kier molecular flexibility index (Phi) is 8.15. The number of esters is 4. The maximum absolute atomic E-state index is 14.1. The van der Waals surface area contributed by atoms with Gasteiger partial charge in [-0.2, -0.15) is 52.7 Å². The number of carbonyl (C=O) groups excluding carboxylic acids is 4. The van der Waals surface area contributed by atoms with E-state index in [-0.39, 0.29) is 48.5 Å². The van der Waals surface area contributed by atoms with Crippen molar-refractivity contribution in [1.29, 1.82) is 0 Å². The lowest BCUT2D eigenvalue weighted by Crippen LogP contribution is -2.54. The SMILES string of the molecule is O=C(OC(=O)C(F)(F)F)c1ccc(C(c2ccc(C(=O)OC(=O)C(F)(F)F)cc2)(C(F)(F)F)C(F)(F)F)cc1. The van der Waals surface area contributed by atoms with Crippen molar-refractivity contribution >= 4 is 23.9 Å². The Morgan fingerprint density at radius 1 is 0.462 bits per heavy atom. The minimum Gasteiger partial charge on any atom is -0.383 e. The lowest BCUT2D eigenvalue weighted by molar-refractivity contribution is -0.288. The number of halogens is 12. The second-order valence-electron chi connectivity index (χ2n) is 7.25. The highest BCUT2D eigenvalue weighted by Gasteiger charge is 2.72. The van der Waals surface area contributed by atoms with E-state index in [1.807, 2.05) is 0 Å². The lowest BCUT2D eigenvalue weighted by atomic mass is 9.72. The Hall–Kier alpha value is -4.12. The van der Waals surface area contributed by atoms with Crippen molar-refractivity contribution in [3.63, 3.8) is 0 Å². The molecule has 0 amide bonds. The van der Waals surface area contributed by atoms with Crippen LogP contribution < -0.4 is 0 Å². The summed E-state index contributed by atoms with van der Waals surface area (Å²) in [7, 11) is 0. The summed E-state index contributed by atoms with van der Waals surface area (Å²) in [4.78, 5) is 44.7. The van der Waals surface area contributed by atoms with Crippen LogP contribution in [0.15, 0.2) is 48.5 Å². The summed E-state index contributed by atoms with van der Waals surface area (Å²) >= 11 is 0. The molecule has 6 nitrogen and oxygen atoms in total. The molecule has 2 aromatic rings. The Morgan fingerprint density at radius 3 is 0.923 bits per heavy atom. The molecule has 0 radical (unpaired) electrons. The van der Waals surface area contributed by atoms with E-state index in [1.165, 1.54) is 0 Å². The Morgan fingerprint density at radius 2 is 0.718 bits per heavy atom. The van der Waals surface area contributed by atoms with Gasteiger partial charge in [0.05, 0.1) is 11.1 Å². The highest BCUT2D eigenvalue weighted by molar-refractivity contribution is 5.99. The van der Waals surface area contributed by atoms with Crippen molar-refractivity contribution in [2.75, 3.05) is 0 Å². The summed E-state index contributed by atoms with van der Waals surface area (Å²) in [5, 5.41) is 0. The molecule has 39 heavy (non-hydrogen) atoms. The molecular weight excluding hydrogens is 576 g/mol. The summed E-state index contributed by atoms with van der Waals surface area (Å²) < 4.78 is 165. The van der Waals surface area contributed by atoms with Crippen LogP contribution in [-0.2, 0) is 24.5 Å². The fourth-order valence-electron chi connectivity index (χ4n) is 3.10. The zero-order valence-corrected chi connectivity index (χ0v) is 18.1. The van der Waals surface area contributed by atoms with Gasteiger partial charge in [-0.1, -0.05) is 24.3 Å². The molecule has 0 aromatic heterocycles. The first-order valence-corrected chi connectivity index (χ1v) is 9.54. The van der Waals surface area contributed by atoms with E-state index in [4.69, 9.17) is 0 Å². The van der Waals surface area contributed by atoms with Crippen molar-refractivity contribution in [3.8, 4) is 0 Å². The van der Waals surface area contributed by atoms with Crippen LogP contribution in [0.1, 0.15) is 31.8 Å². The van der Waals surface area contributed by atoms with Crippen molar-refractivity contribution in [1.82, 2.24) is 0 Å². The van der Waals surface area contributed by atoms with Gasteiger partial charge in [-0.25, -0.2) is 19.2 Å². The number of carbonyl (C=O) groups is 4. The van der Waals surface area contributed by atoms with Crippen LogP contribution in [0, 0.1) is 0 Å². The fraction of sp³-hybridized carbons (Fsp3) is 0.238. The van der Waals surface area contributed by atoms with E-state index in [2.05, 4.69) is 9.47 Å². The Labute approximate surface area is 207 Å². The summed E-state index contributed by atoms with van der Waals surface area (Å²) in [5.41, 5.74) is -10.3. The molecule has 0 aliphatic carbocycles. The van der Waals surface area contributed by atoms with E-state index < -0.39 is 76.3 Å². The zero-order chi connectivity index (χ0) is 30.2. The van der Waals surface area contributed by atoms with Crippen LogP contribution >= 0.6 is 0 Å². The van der Waals surface area contributed by atoms with Crippen molar-refractivity contribution in [2.45, 2.75) is 30.1 Å². The van der Waals surface area contributed by atoms with E-state index in [0.29, 0.717) is 0 Å². The largest absolute Gasteiger partial charge is 0.491 e. The number of rotatable bonds is 4. The maximum atomic E-state index is 14.1. The van der Waals surface area contributed by atoms with Crippen LogP contribution in [0.25, 0.3) is 0 Å². The second kappa shape index (κ2) is 10.2. The van der Waals surface area contributed by atoms with Gasteiger partial charge in [0.25, 0.3) is 0 Å². The van der Waals surface area contributed by atoms with Gasteiger partial charge in [-0.15, -0.1) is 0 Å². The molecule has 2 rings (SSSR count). The molecule has 0 unspecified atom stereocenters. The zero-order valence-electron chi connectivity index (χ0n) is 18.1. The highest BCUT2D eigenvalue weighted by atomic mass is 19.4. The first-order chi connectivity index (χ1) is 17.5. The Bertz CT molecular complexity index is 1150. The smallest absolute Gasteiger partial charge is 0.383 e. The first kappa shape index (κ1) is 31.1. The molecule has 212 valence electrons. The van der Waals surface area contributed by atoms with Gasteiger partial charge >= 0.3 is 48.6 Å². The lowest BCUT2D eigenvalue weighted by Gasteiger charge is -2.38. The number of hydrogen-bond donors (Lipinski definition) is 0. The van der Waals surface area contributed by atoms with Gasteiger partial charge in [0.1, 0.15) is 0 Å².